The average molecular weight is 425 g/mol. The molecule has 2 aliphatic heterocycles. The number of piperidine rings is 2. The Bertz CT molecular complexity index is 887. The third kappa shape index (κ3) is 4.96. The molecule has 1 atom stereocenters. The van der Waals surface area contributed by atoms with Crippen molar-refractivity contribution in [2.75, 3.05) is 26.2 Å². The quantitative estimate of drug-likeness (QED) is 0.815. The molecule has 0 saturated carbocycles. The van der Waals surface area contributed by atoms with Gasteiger partial charge in [-0.05, 0) is 61.4 Å². The average Bonchev–Trinajstić information content (AvgIpc) is 2.84. The lowest BCUT2D eigenvalue weighted by Crippen LogP contribution is -2.47. The van der Waals surface area contributed by atoms with Crippen LogP contribution in [0.15, 0.2) is 54.6 Å². The van der Waals surface area contributed by atoms with E-state index >= 15 is 0 Å². The normalized spacial score (nSPS) is 19.3. The number of aliphatic hydroxyl groups is 1. The van der Waals surface area contributed by atoms with E-state index in [0.29, 0.717) is 44.6 Å². The lowest BCUT2D eigenvalue weighted by molar-refractivity contribution is -0.139. The lowest BCUT2D eigenvalue weighted by atomic mass is 9.86. The molecule has 1 unspecified atom stereocenters. The zero-order valence-electron chi connectivity index (χ0n) is 17.6. The Morgan fingerprint density at radius 3 is 2.03 bits per heavy atom. The first-order valence-electron chi connectivity index (χ1n) is 11.1. The van der Waals surface area contributed by atoms with Crippen LogP contribution >= 0.6 is 0 Å². The van der Waals surface area contributed by atoms with Gasteiger partial charge >= 0.3 is 0 Å². The number of benzene rings is 2. The fourth-order valence-corrected chi connectivity index (χ4v) is 4.72. The van der Waals surface area contributed by atoms with Crippen LogP contribution in [-0.2, 0) is 4.79 Å². The van der Waals surface area contributed by atoms with Gasteiger partial charge in [-0.15, -0.1) is 0 Å². The minimum Gasteiger partial charge on any atom is -0.388 e. The Kier molecular flexibility index (Phi) is 6.66. The van der Waals surface area contributed by atoms with Crippen molar-refractivity contribution < 1.29 is 19.1 Å². The summed E-state index contributed by atoms with van der Waals surface area (Å²) in [5.41, 5.74) is 1.41. The molecule has 0 spiro atoms. The number of carbonyl (C=O) groups is 2. The van der Waals surface area contributed by atoms with Crippen molar-refractivity contribution in [3.05, 3.63) is 71.5 Å². The largest absolute Gasteiger partial charge is 0.388 e. The van der Waals surface area contributed by atoms with Gasteiger partial charge in [-0.25, -0.2) is 4.39 Å². The zero-order chi connectivity index (χ0) is 21.8. The summed E-state index contributed by atoms with van der Waals surface area (Å²) in [4.78, 5) is 29.3. The molecule has 2 aliphatic rings. The molecule has 2 heterocycles. The van der Waals surface area contributed by atoms with Gasteiger partial charge in [0.15, 0.2) is 0 Å². The molecule has 0 aliphatic carbocycles. The SMILES string of the molecule is O=C(c1ccc(F)cc1)N1CCC(C(=O)N2CCC(C(O)c3ccccc3)CC2)CC1. The van der Waals surface area contributed by atoms with E-state index in [-0.39, 0.29) is 29.5 Å². The molecule has 2 fully saturated rings. The van der Waals surface area contributed by atoms with Crippen LogP contribution in [-0.4, -0.2) is 52.9 Å². The number of nitrogens with zero attached hydrogens (tertiary/aromatic N) is 2. The first-order valence-corrected chi connectivity index (χ1v) is 11.1. The van der Waals surface area contributed by atoms with E-state index in [0.717, 1.165) is 18.4 Å². The number of amides is 2. The Balaban J connectivity index is 1.26. The molecular formula is C25H29FN2O3. The number of hydrogen-bond acceptors (Lipinski definition) is 3. The molecule has 5 nitrogen and oxygen atoms in total. The number of rotatable bonds is 4. The van der Waals surface area contributed by atoms with E-state index in [4.69, 9.17) is 0 Å². The van der Waals surface area contributed by atoms with Gasteiger partial charge in [0, 0.05) is 37.7 Å². The van der Waals surface area contributed by atoms with Crippen molar-refractivity contribution in [2.45, 2.75) is 31.8 Å². The maximum atomic E-state index is 13.1. The molecule has 0 aromatic heterocycles. The van der Waals surface area contributed by atoms with Gasteiger partial charge in [-0.2, -0.15) is 0 Å². The number of hydrogen-bond donors (Lipinski definition) is 1. The topological polar surface area (TPSA) is 60.9 Å². The third-order valence-electron chi connectivity index (χ3n) is 6.66. The molecule has 2 aromatic carbocycles. The summed E-state index contributed by atoms with van der Waals surface area (Å²) < 4.78 is 13.1. The lowest BCUT2D eigenvalue weighted by Gasteiger charge is -2.38. The van der Waals surface area contributed by atoms with Crippen LogP contribution < -0.4 is 0 Å². The van der Waals surface area contributed by atoms with Gasteiger partial charge in [-0.1, -0.05) is 30.3 Å². The van der Waals surface area contributed by atoms with Crippen LogP contribution in [0.3, 0.4) is 0 Å². The molecule has 4 rings (SSSR count). The zero-order valence-corrected chi connectivity index (χ0v) is 17.6. The monoisotopic (exact) mass is 424 g/mol. The second kappa shape index (κ2) is 9.60. The van der Waals surface area contributed by atoms with Gasteiger partial charge in [0.25, 0.3) is 5.91 Å². The van der Waals surface area contributed by atoms with Crippen molar-refractivity contribution >= 4 is 11.8 Å². The highest BCUT2D eigenvalue weighted by Gasteiger charge is 2.33. The minimum atomic E-state index is -0.487. The highest BCUT2D eigenvalue weighted by atomic mass is 19.1. The number of carbonyl (C=O) groups excluding carboxylic acids is 2. The van der Waals surface area contributed by atoms with Crippen LogP contribution in [0.25, 0.3) is 0 Å². The van der Waals surface area contributed by atoms with Gasteiger partial charge in [0.05, 0.1) is 6.10 Å². The molecule has 6 heteroatoms. The van der Waals surface area contributed by atoms with Crippen LogP contribution in [0, 0.1) is 17.7 Å². The van der Waals surface area contributed by atoms with Crippen LogP contribution in [0.2, 0.25) is 0 Å². The van der Waals surface area contributed by atoms with Crippen molar-refractivity contribution in [2.24, 2.45) is 11.8 Å². The third-order valence-corrected chi connectivity index (χ3v) is 6.66. The molecule has 2 aromatic rings. The molecule has 2 amide bonds. The predicted molar refractivity (Wildman–Crippen MR) is 116 cm³/mol. The molecule has 0 bridgehead atoms. The summed E-state index contributed by atoms with van der Waals surface area (Å²) in [6, 6.07) is 15.3. The fraction of sp³-hybridized carbons (Fsp3) is 0.440. The first kappa shape index (κ1) is 21.5. The van der Waals surface area contributed by atoms with Crippen LogP contribution in [0.4, 0.5) is 4.39 Å². The predicted octanol–water partition coefficient (Wildman–Crippen LogP) is 3.65. The Morgan fingerprint density at radius 2 is 1.42 bits per heavy atom. The maximum Gasteiger partial charge on any atom is 0.253 e. The fourth-order valence-electron chi connectivity index (χ4n) is 4.72. The maximum absolute atomic E-state index is 13.1. The van der Waals surface area contributed by atoms with Crippen LogP contribution in [0.1, 0.15) is 47.7 Å². The van der Waals surface area contributed by atoms with Gasteiger partial charge in [0.1, 0.15) is 5.82 Å². The van der Waals surface area contributed by atoms with E-state index in [1.165, 1.54) is 24.3 Å². The first-order chi connectivity index (χ1) is 15.0. The Labute approximate surface area is 182 Å². The van der Waals surface area contributed by atoms with E-state index in [1.807, 2.05) is 35.2 Å². The van der Waals surface area contributed by atoms with Gasteiger partial charge in [0.2, 0.25) is 5.91 Å². The standard InChI is InChI=1S/C25H29FN2O3/c26-22-8-6-20(7-9-22)24(30)28-16-12-21(13-17-28)25(31)27-14-10-19(11-15-27)23(29)18-4-2-1-3-5-18/h1-9,19,21,23,29H,10-17H2. The number of likely N-dealkylation sites (tertiary alicyclic amines) is 2. The van der Waals surface area contributed by atoms with E-state index < -0.39 is 6.10 Å². The van der Waals surface area contributed by atoms with Gasteiger partial charge < -0.3 is 14.9 Å². The smallest absolute Gasteiger partial charge is 0.253 e. The minimum absolute atomic E-state index is 0.0622. The highest BCUT2D eigenvalue weighted by molar-refractivity contribution is 5.94. The molecule has 31 heavy (non-hydrogen) atoms. The summed E-state index contributed by atoms with van der Waals surface area (Å²) in [6.45, 7) is 2.41. The molecule has 1 N–H and O–H groups in total. The van der Waals surface area contributed by atoms with Crippen molar-refractivity contribution in [1.82, 2.24) is 9.80 Å². The van der Waals surface area contributed by atoms with E-state index in [2.05, 4.69) is 0 Å². The number of aliphatic hydroxyl groups excluding tert-OH is 1. The van der Waals surface area contributed by atoms with Crippen molar-refractivity contribution in [1.29, 1.82) is 0 Å². The summed E-state index contributed by atoms with van der Waals surface area (Å²) >= 11 is 0. The van der Waals surface area contributed by atoms with Crippen molar-refractivity contribution in [3.63, 3.8) is 0 Å². The van der Waals surface area contributed by atoms with Crippen molar-refractivity contribution in [3.8, 4) is 0 Å². The Morgan fingerprint density at radius 1 is 0.839 bits per heavy atom. The van der Waals surface area contributed by atoms with E-state index in [9.17, 15) is 19.1 Å². The second-order valence-corrected chi connectivity index (χ2v) is 8.59. The van der Waals surface area contributed by atoms with E-state index in [1.54, 1.807) is 4.90 Å². The number of halogens is 1. The summed E-state index contributed by atoms with van der Waals surface area (Å²) in [5, 5.41) is 10.6. The molecular weight excluding hydrogens is 395 g/mol. The molecule has 0 radical (unpaired) electrons. The summed E-state index contributed by atoms with van der Waals surface area (Å²) in [7, 11) is 0. The highest BCUT2D eigenvalue weighted by Crippen LogP contribution is 2.32. The Hall–Kier alpha value is -2.73. The summed E-state index contributed by atoms with van der Waals surface area (Å²) in [5.74, 6) is -0.196. The summed E-state index contributed by atoms with van der Waals surface area (Å²) in [6.07, 6.45) is 2.41. The second-order valence-electron chi connectivity index (χ2n) is 8.59. The molecule has 2 saturated heterocycles. The van der Waals surface area contributed by atoms with Gasteiger partial charge in [-0.3, -0.25) is 9.59 Å². The van der Waals surface area contributed by atoms with Crippen LogP contribution in [0.5, 0.6) is 0 Å². The molecule has 164 valence electrons.